The van der Waals surface area contributed by atoms with Gasteiger partial charge in [0.25, 0.3) is 0 Å². The summed E-state index contributed by atoms with van der Waals surface area (Å²) in [5, 5.41) is 9.21. The Morgan fingerprint density at radius 3 is 2.56 bits per heavy atom. The number of thioether (sulfide) groups is 1. The zero-order chi connectivity index (χ0) is 24.5. The monoisotopic (exact) mass is 489 g/mol. The number of fused-ring (bicyclic) bond motifs is 2. The highest BCUT2D eigenvalue weighted by Gasteiger charge is 2.70. The van der Waals surface area contributed by atoms with Crippen LogP contribution in [0, 0.1) is 11.8 Å². The van der Waals surface area contributed by atoms with E-state index in [1.54, 1.807) is 16.7 Å². The molecule has 34 heavy (non-hydrogen) atoms. The van der Waals surface area contributed by atoms with Gasteiger partial charge in [-0.05, 0) is 32.6 Å². The fraction of sp³-hybridized carbons (Fsp3) is 0.731. The van der Waals surface area contributed by atoms with Crippen LogP contribution in [0.5, 0.6) is 0 Å². The van der Waals surface area contributed by atoms with E-state index >= 15 is 0 Å². The van der Waals surface area contributed by atoms with Gasteiger partial charge in [0.05, 0.1) is 16.6 Å². The lowest BCUT2D eigenvalue weighted by molar-refractivity contribution is -0.145. The summed E-state index contributed by atoms with van der Waals surface area (Å²) in [4.78, 5) is 47.4. The van der Waals surface area contributed by atoms with Gasteiger partial charge in [-0.2, -0.15) is 0 Å². The predicted octanol–water partition coefficient (Wildman–Crippen LogP) is 2.45. The lowest BCUT2D eigenvalue weighted by atomic mass is 9.78. The van der Waals surface area contributed by atoms with Crippen molar-refractivity contribution in [1.29, 1.82) is 0 Å². The Bertz CT molecular complexity index is 861. The number of unbranched alkanes of at least 4 members (excludes halogenated alkanes) is 1. The first-order chi connectivity index (χ1) is 16.4. The third-order valence-corrected chi connectivity index (χ3v) is 9.56. The Kier molecular flexibility index (Phi) is 7.77. The van der Waals surface area contributed by atoms with E-state index in [-0.39, 0.29) is 35.6 Å². The van der Waals surface area contributed by atoms with E-state index in [2.05, 4.69) is 45.1 Å². The molecule has 2 saturated heterocycles. The van der Waals surface area contributed by atoms with Gasteiger partial charge < -0.3 is 19.8 Å². The van der Waals surface area contributed by atoms with Gasteiger partial charge in [-0.3, -0.25) is 14.4 Å². The number of rotatable bonds is 9. The van der Waals surface area contributed by atoms with E-state index < -0.39 is 22.6 Å². The van der Waals surface area contributed by atoms with Crippen LogP contribution in [0.25, 0.3) is 0 Å². The second-order valence-electron chi connectivity index (χ2n) is 10.0. The Morgan fingerprint density at radius 1 is 1.06 bits per heavy atom. The Balaban J connectivity index is 1.76. The van der Waals surface area contributed by atoms with Crippen molar-refractivity contribution in [2.75, 3.05) is 32.8 Å². The predicted molar refractivity (Wildman–Crippen MR) is 134 cm³/mol. The SMILES string of the molecule is CCCC(C)N1CC=C[C@]23S[C@H]4C=CCN(CCC)C(=O)[C@H]4[C@H]2C(=O)N(CCCCO)C3C1=O. The zero-order valence-corrected chi connectivity index (χ0v) is 21.5. The molecule has 4 aliphatic heterocycles. The molecule has 1 spiro atoms. The first kappa shape index (κ1) is 25.3. The molecule has 2 unspecified atom stereocenters. The minimum Gasteiger partial charge on any atom is -0.396 e. The molecule has 4 rings (SSSR count). The van der Waals surface area contributed by atoms with Crippen molar-refractivity contribution >= 4 is 29.5 Å². The number of carbonyl (C=O) groups excluding carboxylic acids is 3. The van der Waals surface area contributed by atoms with E-state index in [4.69, 9.17) is 0 Å². The molecule has 8 heteroatoms. The average Bonchev–Trinajstić information content (AvgIpc) is 3.12. The standard InChI is InChI=1S/C26H39N3O4S/c1-4-10-18(3)28-16-9-12-26-21(24(32)29(15-6-7-17-30)22(26)25(28)33)20-19(34-26)11-8-14-27(13-5-2)23(20)31/h8-9,11-12,18-22,30H,4-7,10,13-17H2,1-3H3/t18?,19-,20+,21-,22?,26-/m0/s1. The molecule has 2 fully saturated rings. The summed E-state index contributed by atoms with van der Waals surface area (Å²) < 4.78 is -0.737. The highest BCUT2D eigenvalue weighted by Crippen LogP contribution is 2.61. The Hall–Kier alpha value is -1.80. The molecule has 0 aromatic rings. The normalized spacial score (nSPS) is 33.6. The smallest absolute Gasteiger partial charge is 0.247 e. The van der Waals surface area contributed by atoms with Crippen LogP contribution in [-0.2, 0) is 14.4 Å². The summed E-state index contributed by atoms with van der Waals surface area (Å²) in [6.45, 7) is 8.53. The van der Waals surface area contributed by atoms with Crippen molar-refractivity contribution in [3.05, 3.63) is 24.3 Å². The minimum atomic E-state index is -0.737. The number of nitrogens with zero attached hydrogens (tertiary/aromatic N) is 3. The van der Waals surface area contributed by atoms with E-state index in [0.717, 1.165) is 19.3 Å². The highest BCUT2D eigenvalue weighted by atomic mass is 32.2. The number of aliphatic hydroxyl groups excluding tert-OH is 1. The molecular weight excluding hydrogens is 450 g/mol. The number of hydrogen-bond acceptors (Lipinski definition) is 5. The van der Waals surface area contributed by atoms with Crippen LogP contribution in [0.1, 0.15) is 52.9 Å². The molecule has 0 aromatic heterocycles. The molecule has 0 bridgehead atoms. The van der Waals surface area contributed by atoms with E-state index in [9.17, 15) is 19.5 Å². The number of likely N-dealkylation sites (tertiary alicyclic amines) is 1. The van der Waals surface area contributed by atoms with Crippen LogP contribution in [0.2, 0.25) is 0 Å². The Labute approximate surface area is 207 Å². The maximum atomic E-state index is 14.1. The van der Waals surface area contributed by atoms with Crippen molar-refractivity contribution in [2.24, 2.45) is 11.8 Å². The number of amides is 3. The summed E-state index contributed by atoms with van der Waals surface area (Å²) in [5.41, 5.74) is 0. The van der Waals surface area contributed by atoms with Gasteiger partial charge in [-0.1, -0.05) is 44.6 Å². The molecule has 0 aliphatic carbocycles. The molecule has 188 valence electrons. The molecule has 0 aromatic carbocycles. The maximum Gasteiger partial charge on any atom is 0.247 e. The third-order valence-electron chi connectivity index (χ3n) is 7.81. The van der Waals surface area contributed by atoms with Crippen LogP contribution in [0.3, 0.4) is 0 Å². The van der Waals surface area contributed by atoms with Crippen molar-refractivity contribution in [3.8, 4) is 0 Å². The maximum absolute atomic E-state index is 14.1. The average molecular weight is 490 g/mol. The molecule has 0 radical (unpaired) electrons. The zero-order valence-electron chi connectivity index (χ0n) is 20.7. The van der Waals surface area contributed by atoms with Crippen molar-refractivity contribution < 1.29 is 19.5 Å². The van der Waals surface area contributed by atoms with Gasteiger partial charge in [0.1, 0.15) is 6.04 Å². The summed E-state index contributed by atoms with van der Waals surface area (Å²) in [7, 11) is 0. The van der Waals surface area contributed by atoms with E-state index in [0.29, 0.717) is 39.0 Å². The van der Waals surface area contributed by atoms with Gasteiger partial charge in [0.15, 0.2) is 0 Å². The first-order valence-corrected chi connectivity index (χ1v) is 13.8. The Morgan fingerprint density at radius 2 is 1.85 bits per heavy atom. The molecular formula is C26H39N3O4S. The van der Waals surface area contributed by atoms with Gasteiger partial charge in [0, 0.05) is 44.1 Å². The molecule has 1 N–H and O–H groups in total. The topological polar surface area (TPSA) is 81.2 Å². The summed E-state index contributed by atoms with van der Waals surface area (Å²) >= 11 is 1.64. The molecule has 4 heterocycles. The number of aliphatic hydroxyl groups is 1. The molecule has 7 nitrogen and oxygen atoms in total. The van der Waals surface area contributed by atoms with Gasteiger partial charge in [-0.25, -0.2) is 0 Å². The van der Waals surface area contributed by atoms with Crippen molar-refractivity contribution in [1.82, 2.24) is 14.7 Å². The van der Waals surface area contributed by atoms with Crippen molar-refractivity contribution in [2.45, 2.75) is 75.0 Å². The fourth-order valence-electron chi connectivity index (χ4n) is 6.28. The van der Waals surface area contributed by atoms with Crippen LogP contribution in [0.15, 0.2) is 24.3 Å². The fourth-order valence-corrected chi connectivity index (χ4v) is 8.29. The van der Waals surface area contributed by atoms with Gasteiger partial charge in [-0.15, -0.1) is 11.8 Å². The highest BCUT2D eigenvalue weighted by molar-refractivity contribution is 8.02. The second-order valence-corrected chi connectivity index (χ2v) is 11.5. The van der Waals surface area contributed by atoms with E-state index in [1.165, 1.54) is 0 Å². The van der Waals surface area contributed by atoms with Gasteiger partial charge >= 0.3 is 0 Å². The van der Waals surface area contributed by atoms with Gasteiger partial charge in [0.2, 0.25) is 17.7 Å². The molecule has 3 amide bonds. The summed E-state index contributed by atoms with van der Waals surface area (Å²) in [5.74, 6) is -1.04. The van der Waals surface area contributed by atoms with Crippen LogP contribution >= 0.6 is 11.8 Å². The number of carbonyl (C=O) groups is 3. The minimum absolute atomic E-state index is 0.00315. The second kappa shape index (κ2) is 10.4. The largest absolute Gasteiger partial charge is 0.396 e. The van der Waals surface area contributed by atoms with E-state index in [1.807, 2.05) is 9.80 Å². The number of hydrogen-bond donors (Lipinski definition) is 1. The lowest BCUT2D eigenvalue weighted by Crippen LogP contribution is -2.55. The van der Waals surface area contributed by atoms with Crippen LogP contribution < -0.4 is 0 Å². The van der Waals surface area contributed by atoms with Crippen LogP contribution in [0.4, 0.5) is 0 Å². The lowest BCUT2D eigenvalue weighted by Gasteiger charge is -2.37. The first-order valence-electron chi connectivity index (χ1n) is 12.9. The molecule has 0 saturated carbocycles. The quantitative estimate of drug-likeness (QED) is 0.398. The molecule has 4 aliphatic rings. The summed E-state index contributed by atoms with van der Waals surface area (Å²) in [6.07, 6.45) is 12.3. The summed E-state index contributed by atoms with van der Waals surface area (Å²) in [6, 6.07) is -0.524. The van der Waals surface area contributed by atoms with Crippen molar-refractivity contribution in [3.63, 3.8) is 0 Å². The molecule has 6 atom stereocenters. The van der Waals surface area contributed by atoms with Crippen LogP contribution in [-0.4, -0.2) is 92.4 Å². The third kappa shape index (κ3) is 4.11.